The molecule has 0 radical (unpaired) electrons. The smallest absolute Gasteiger partial charge is 0.0680 e. The van der Waals surface area contributed by atoms with Crippen molar-refractivity contribution in [3.8, 4) is 16.8 Å². The maximum Gasteiger partial charge on any atom is 0.0680 e. The van der Waals surface area contributed by atoms with Gasteiger partial charge in [0.2, 0.25) is 0 Å². The van der Waals surface area contributed by atoms with Crippen LogP contribution in [0.15, 0.2) is 48.5 Å². The predicted octanol–water partition coefficient (Wildman–Crippen LogP) is 4.05. The minimum absolute atomic E-state index is 0.791. The number of nitrogen functional groups attached to an aromatic ring is 1. The molecule has 0 aliphatic rings. The van der Waals surface area contributed by atoms with E-state index < -0.39 is 0 Å². The van der Waals surface area contributed by atoms with Crippen LogP contribution in [0.25, 0.3) is 16.8 Å². The third kappa shape index (κ3) is 2.31. The number of para-hydroxylation sites is 1. The number of aryl methyl sites for hydroxylation is 2. The van der Waals surface area contributed by atoms with Gasteiger partial charge in [-0.05, 0) is 45.0 Å². The number of hydrogen-bond donors (Lipinski definition) is 1. The summed E-state index contributed by atoms with van der Waals surface area (Å²) in [5.41, 5.74) is 13.5. The Morgan fingerprint density at radius 2 is 1.67 bits per heavy atom. The number of nitrogens with two attached hydrogens (primary N) is 1. The summed E-state index contributed by atoms with van der Waals surface area (Å²) in [6, 6.07) is 16.3. The molecule has 21 heavy (non-hydrogen) atoms. The Kier molecular flexibility index (Phi) is 3.26. The average Bonchev–Trinajstić information content (AvgIpc) is 2.78. The standard InChI is InChI=1S/C18H19N3/c1-12-9-10-17(19)16(11-12)18-13(2)20-21(14(18)3)15-7-5-4-6-8-15/h4-11H,19H2,1-3H3. The molecule has 2 N–H and O–H groups in total. The van der Waals surface area contributed by atoms with Crippen LogP contribution >= 0.6 is 0 Å². The Morgan fingerprint density at radius 3 is 2.38 bits per heavy atom. The largest absolute Gasteiger partial charge is 0.398 e. The lowest BCUT2D eigenvalue weighted by atomic mass is 10.00. The second-order valence-electron chi connectivity index (χ2n) is 5.38. The lowest BCUT2D eigenvalue weighted by Gasteiger charge is -2.08. The number of rotatable bonds is 2. The molecule has 0 spiro atoms. The first kappa shape index (κ1) is 13.4. The lowest BCUT2D eigenvalue weighted by Crippen LogP contribution is -1.99. The number of benzene rings is 2. The molecule has 0 fully saturated rings. The van der Waals surface area contributed by atoms with Crippen molar-refractivity contribution in [2.45, 2.75) is 20.8 Å². The fraction of sp³-hybridized carbons (Fsp3) is 0.167. The van der Waals surface area contributed by atoms with E-state index in [0.29, 0.717) is 0 Å². The molecule has 3 aromatic rings. The summed E-state index contributed by atoms with van der Waals surface area (Å²) in [4.78, 5) is 0. The Bertz CT molecular complexity index is 786. The quantitative estimate of drug-likeness (QED) is 0.718. The van der Waals surface area contributed by atoms with E-state index in [0.717, 1.165) is 33.9 Å². The van der Waals surface area contributed by atoms with Crippen molar-refractivity contribution in [3.05, 3.63) is 65.5 Å². The second kappa shape index (κ2) is 5.09. The van der Waals surface area contributed by atoms with Crippen LogP contribution in [0.3, 0.4) is 0 Å². The lowest BCUT2D eigenvalue weighted by molar-refractivity contribution is 0.834. The summed E-state index contributed by atoms with van der Waals surface area (Å²) in [7, 11) is 0. The second-order valence-corrected chi connectivity index (χ2v) is 5.38. The fourth-order valence-electron chi connectivity index (χ4n) is 2.74. The van der Waals surface area contributed by atoms with Crippen molar-refractivity contribution in [1.29, 1.82) is 0 Å². The zero-order valence-electron chi connectivity index (χ0n) is 12.6. The highest BCUT2D eigenvalue weighted by molar-refractivity contribution is 5.80. The number of anilines is 1. The van der Waals surface area contributed by atoms with Crippen molar-refractivity contribution in [2.75, 3.05) is 5.73 Å². The van der Waals surface area contributed by atoms with Gasteiger partial charge in [-0.15, -0.1) is 0 Å². The minimum atomic E-state index is 0.791. The van der Waals surface area contributed by atoms with Crippen LogP contribution in [0.1, 0.15) is 17.0 Å². The van der Waals surface area contributed by atoms with Crippen molar-refractivity contribution in [2.24, 2.45) is 0 Å². The average molecular weight is 277 g/mol. The monoisotopic (exact) mass is 277 g/mol. The molecule has 0 saturated carbocycles. The molecule has 0 bridgehead atoms. The van der Waals surface area contributed by atoms with Crippen LogP contribution in [0.5, 0.6) is 0 Å². The van der Waals surface area contributed by atoms with Crippen molar-refractivity contribution in [1.82, 2.24) is 9.78 Å². The van der Waals surface area contributed by atoms with Gasteiger partial charge in [0.25, 0.3) is 0 Å². The van der Waals surface area contributed by atoms with Gasteiger partial charge in [0.15, 0.2) is 0 Å². The molecule has 3 nitrogen and oxygen atoms in total. The van der Waals surface area contributed by atoms with E-state index in [-0.39, 0.29) is 0 Å². The topological polar surface area (TPSA) is 43.8 Å². The summed E-state index contributed by atoms with van der Waals surface area (Å²) in [5.74, 6) is 0. The van der Waals surface area contributed by atoms with Crippen LogP contribution in [-0.4, -0.2) is 9.78 Å². The van der Waals surface area contributed by atoms with E-state index >= 15 is 0 Å². The number of hydrogen-bond acceptors (Lipinski definition) is 2. The molecule has 0 saturated heterocycles. The number of nitrogens with zero attached hydrogens (tertiary/aromatic N) is 2. The Labute approximate surface area is 125 Å². The van der Waals surface area contributed by atoms with Gasteiger partial charge in [0.05, 0.1) is 11.4 Å². The molecule has 3 rings (SSSR count). The van der Waals surface area contributed by atoms with E-state index in [1.165, 1.54) is 5.56 Å². The molecule has 0 atom stereocenters. The van der Waals surface area contributed by atoms with E-state index in [9.17, 15) is 0 Å². The highest BCUT2D eigenvalue weighted by Crippen LogP contribution is 2.33. The molecule has 1 heterocycles. The van der Waals surface area contributed by atoms with Gasteiger partial charge < -0.3 is 5.73 Å². The van der Waals surface area contributed by atoms with Gasteiger partial charge in [0.1, 0.15) is 0 Å². The minimum Gasteiger partial charge on any atom is -0.398 e. The summed E-state index contributed by atoms with van der Waals surface area (Å²) >= 11 is 0. The molecule has 106 valence electrons. The zero-order valence-corrected chi connectivity index (χ0v) is 12.6. The third-order valence-electron chi connectivity index (χ3n) is 3.77. The van der Waals surface area contributed by atoms with Crippen LogP contribution in [0, 0.1) is 20.8 Å². The molecule has 2 aromatic carbocycles. The molecule has 3 heteroatoms. The molecule has 0 amide bonds. The maximum absolute atomic E-state index is 6.17. The van der Waals surface area contributed by atoms with Crippen molar-refractivity contribution in [3.63, 3.8) is 0 Å². The summed E-state index contributed by atoms with van der Waals surface area (Å²) in [6.45, 7) is 6.20. The first-order valence-corrected chi connectivity index (χ1v) is 7.06. The van der Waals surface area contributed by atoms with E-state index in [4.69, 9.17) is 5.73 Å². The van der Waals surface area contributed by atoms with Gasteiger partial charge in [-0.2, -0.15) is 5.10 Å². The molecule has 0 aliphatic carbocycles. The summed E-state index contributed by atoms with van der Waals surface area (Å²) in [6.07, 6.45) is 0. The van der Waals surface area contributed by atoms with Crippen LogP contribution < -0.4 is 5.73 Å². The summed E-state index contributed by atoms with van der Waals surface area (Å²) in [5, 5.41) is 4.69. The van der Waals surface area contributed by atoms with E-state index in [1.54, 1.807) is 0 Å². The SMILES string of the molecule is Cc1ccc(N)c(-c2c(C)nn(-c3ccccc3)c2C)c1. The van der Waals surface area contributed by atoms with Crippen LogP contribution in [-0.2, 0) is 0 Å². The van der Waals surface area contributed by atoms with Crippen LogP contribution in [0.4, 0.5) is 5.69 Å². The first-order chi connectivity index (χ1) is 10.1. The molecular weight excluding hydrogens is 258 g/mol. The van der Waals surface area contributed by atoms with Gasteiger partial charge >= 0.3 is 0 Å². The maximum atomic E-state index is 6.17. The van der Waals surface area contributed by atoms with Crippen molar-refractivity contribution >= 4 is 5.69 Å². The zero-order chi connectivity index (χ0) is 15.0. The van der Waals surface area contributed by atoms with E-state index in [1.807, 2.05) is 41.9 Å². The number of aromatic nitrogens is 2. The summed E-state index contributed by atoms with van der Waals surface area (Å²) < 4.78 is 1.98. The van der Waals surface area contributed by atoms with Gasteiger partial charge in [-0.1, -0.05) is 29.8 Å². The molecule has 1 aromatic heterocycles. The highest BCUT2D eigenvalue weighted by Gasteiger charge is 2.16. The fourth-order valence-corrected chi connectivity index (χ4v) is 2.74. The normalized spacial score (nSPS) is 10.8. The highest BCUT2D eigenvalue weighted by atomic mass is 15.3. The molecule has 0 unspecified atom stereocenters. The van der Waals surface area contributed by atoms with Crippen LogP contribution in [0.2, 0.25) is 0 Å². The van der Waals surface area contributed by atoms with Gasteiger partial charge in [-0.25, -0.2) is 4.68 Å². The molecule has 0 aliphatic heterocycles. The van der Waals surface area contributed by atoms with Crippen molar-refractivity contribution < 1.29 is 0 Å². The Balaban J connectivity index is 2.22. The first-order valence-electron chi connectivity index (χ1n) is 7.06. The molecular formula is C18H19N3. The third-order valence-corrected chi connectivity index (χ3v) is 3.77. The van der Waals surface area contributed by atoms with Gasteiger partial charge in [-0.3, -0.25) is 0 Å². The van der Waals surface area contributed by atoms with E-state index in [2.05, 4.69) is 37.1 Å². The van der Waals surface area contributed by atoms with Gasteiger partial charge in [0, 0.05) is 22.5 Å². The Morgan fingerprint density at radius 1 is 0.952 bits per heavy atom. The predicted molar refractivity (Wildman–Crippen MR) is 87.6 cm³/mol. The Hall–Kier alpha value is -2.55.